The number of pyridine rings is 1. The van der Waals surface area contributed by atoms with E-state index in [1.807, 2.05) is 54.6 Å². The van der Waals surface area contributed by atoms with E-state index in [0.29, 0.717) is 33.2 Å². The SMILES string of the molecule is Cc1c(N[C@@H](CC(=O)c2c(O)c3ccccc3n(C)c2=O)c2c(O)ccc3ccccc23)c(=O)n(-c2ccccc2)n1C. The predicted molar refractivity (Wildman–Crippen MR) is 168 cm³/mol. The van der Waals surface area contributed by atoms with E-state index in [-0.39, 0.29) is 29.0 Å². The minimum absolute atomic E-state index is 0.0726. The molecule has 3 N–H and O–H groups in total. The van der Waals surface area contributed by atoms with E-state index >= 15 is 0 Å². The summed E-state index contributed by atoms with van der Waals surface area (Å²) in [4.78, 5) is 41.2. The number of para-hydroxylation sites is 2. The van der Waals surface area contributed by atoms with Crippen LogP contribution in [0.25, 0.3) is 27.4 Å². The van der Waals surface area contributed by atoms with E-state index in [9.17, 15) is 24.6 Å². The molecule has 0 aliphatic heterocycles. The zero-order valence-electron chi connectivity index (χ0n) is 23.9. The molecule has 2 heterocycles. The third kappa shape index (κ3) is 4.55. The van der Waals surface area contributed by atoms with Gasteiger partial charge < -0.3 is 20.1 Å². The molecule has 0 unspecified atom stereocenters. The first kappa shape index (κ1) is 27.6. The highest BCUT2D eigenvalue weighted by Gasteiger charge is 2.29. The quantitative estimate of drug-likeness (QED) is 0.222. The van der Waals surface area contributed by atoms with Crippen LogP contribution in [0.1, 0.15) is 34.1 Å². The van der Waals surface area contributed by atoms with Gasteiger partial charge in [0.05, 0.1) is 22.9 Å². The molecule has 4 aromatic carbocycles. The van der Waals surface area contributed by atoms with Crippen molar-refractivity contribution in [2.75, 3.05) is 5.32 Å². The molecule has 2 aromatic heterocycles. The minimum atomic E-state index is -0.938. The van der Waals surface area contributed by atoms with Crippen LogP contribution in [0.2, 0.25) is 0 Å². The molecule has 43 heavy (non-hydrogen) atoms. The number of hydrogen-bond acceptors (Lipinski definition) is 6. The minimum Gasteiger partial charge on any atom is -0.508 e. The Morgan fingerprint density at radius 3 is 2.21 bits per heavy atom. The van der Waals surface area contributed by atoms with Crippen molar-refractivity contribution < 1.29 is 15.0 Å². The molecular formula is C34H30N4O5. The molecule has 0 fully saturated rings. The fourth-order valence-electron chi connectivity index (χ4n) is 5.80. The van der Waals surface area contributed by atoms with Gasteiger partial charge in [0.1, 0.15) is 22.7 Å². The summed E-state index contributed by atoms with van der Waals surface area (Å²) in [6.07, 6.45) is -0.332. The van der Waals surface area contributed by atoms with E-state index in [4.69, 9.17) is 0 Å². The average molecular weight is 575 g/mol. The van der Waals surface area contributed by atoms with Gasteiger partial charge in [-0.05, 0) is 48.0 Å². The molecule has 9 heteroatoms. The van der Waals surface area contributed by atoms with Gasteiger partial charge in [-0.1, -0.05) is 60.7 Å². The van der Waals surface area contributed by atoms with Crippen LogP contribution in [0.4, 0.5) is 5.69 Å². The Balaban J connectivity index is 1.52. The van der Waals surface area contributed by atoms with Crippen LogP contribution in [-0.2, 0) is 14.1 Å². The van der Waals surface area contributed by atoms with E-state index in [1.54, 1.807) is 62.1 Å². The van der Waals surface area contributed by atoms with Gasteiger partial charge in [-0.3, -0.25) is 19.1 Å². The number of aryl methyl sites for hydroxylation is 1. The highest BCUT2D eigenvalue weighted by atomic mass is 16.3. The predicted octanol–water partition coefficient (Wildman–Crippen LogP) is 5.33. The Morgan fingerprint density at radius 2 is 1.47 bits per heavy atom. The van der Waals surface area contributed by atoms with Gasteiger partial charge >= 0.3 is 0 Å². The summed E-state index contributed by atoms with van der Waals surface area (Å²) < 4.78 is 4.57. The molecular weight excluding hydrogens is 544 g/mol. The second-order valence-corrected chi connectivity index (χ2v) is 10.6. The molecule has 0 amide bonds. The number of carbonyl (C=O) groups excluding carboxylic acids is 1. The summed E-state index contributed by atoms with van der Waals surface area (Å²) in [6.45, 7) is 1.79. The van der Waals surface area contributed by atoms with Crippen LogP contribution in [0.5, 0.6) is 11.5 Å². The van der Waals surface area contributed by atoms with Gasteiger partial charge in [0.2, 0.25) is 0 Å². The lowest BCUT2D eigenvalue weighted by atomic mass is 9.92. The molecule has 6 rings (SSSR count). The Hall–Kier alpha value is -5.57. The number of hydrogen-bond donors (Lipinski definition) is 3. The molecule has 216 valence electrons. The molecule has 0 spiro atoms. The Labute approximate surface area is 246 Å². The first-order valence-corrected chi connectivity index (χ1v) is 13.8. The molecule has 0 aliphatic carbocycles. The summed E-state index contributed by atoms with van der Waals surface area (Å²) in [7, 11) is 3.31. The van der Waals surface area contributed by atoms with Crippen LogP contribution < -0.4 is 16.4 Å². The molecule has 0 bridgehead atoms. The Morgan fingerprint density at radius 1 is 0.814 bits per heavy atom. The lowest BCUT2D eigenvalue weighted by Gasteiger charge is -2.22. The molecule has 0 aliphatic rings. The second kappa shape index (κ2) is 10.7. The normalized spacial score (nSPS) is 12.1. The molecule has 6 aromatic rings. The third-order valence-corrected chi connectivity index (χ3v) is 8.11. The van der Waals surface area contributed by atoms with Gasteiger partial charge in [-0.2, -0.15) is 0 Å². The molecule has 0 saturated carbocycles. The van der Waals surface area contributed by atoms with E-state index < -0.39 is 23.1 Å². The van der Waals surface area contributed by atoms with Gasteiger partial charge in [0.25, 0.3) is 11.1 Å². The Kier molecular flexibility index (Phi) is 6.85. The van der Waals surface area contributed by atoms with Crippen LogP contribution in [0.3, 0.4) is 0 Å². The highest BCUT2D eigenvalue weighted by Crippen LogP contribution is 2.37. The summed E-state index contributed by atoms with van der Waals surface area (Å²) in [5.74, 6) is -1.10. The number of ketones is 1. The number of nitrogens with zero attached hydrogens (tertiary/aromatic N) is 3. The van der Waals surface area contributed by atoms with Crippen LogP contribution in [0.15, 0.2) is 101 Å². The second-order valence-electron chi connectivity index (χ2n) is 10.6. The fraction of sp³-hybridized carbons (Fsp3) is 0.147. The van der Waals surface area contributed by atoms with Crippen molar-refractivity contribution in [3.8, 4) is 17.2 Å². The van der Waals surface area contributed by atoms with Gasteiger partial charge in [-0.15, -0.1) is 0 Å². The summed E-state index contributed by atoms with van der Waals surface area (Å²) in [6, 6.07) is 25.8. The number of benzene rings is 4. The summed E-state index contributed by atoms with van der Waals surface area (Å²) in [5.41, 5.74) is 1.08. The number of aromatic nitrogens is 3. The Bertz CT molecular complexity index is 2160. The van der Waals surface area contributed by atoms with Crippen molar-refractivity contribution in [3.63, 3.8) is 0 Å². The van der Waals surface area contributed by atoms with Gasteiger partial charge in [-0.25, -0.2) is 4.68 Å². The largest absolute Gasteiger partial charge is 0.508 e. The molecule has 9 nitrogen and oxygen atoms in total. The number of Topliss-reactive ketones (excluding diaryl/α,β-unsaturated/α-hetero) is 1. The third-order valence-electron chi connectivity index (χ3n) is 8.11. The maximum Gasteiger partial charge on any atom is 0.295 e. The first-order valence-electron chi connectivity index (χ1n) is 13.8. The first-order chi connectivity index (χ1) is 20.7. The number of nitrogens with one attached hydrogen (secondary N) is 1. The van der Waals surface area contributed by atoms with Crippen LogP contribution in [-0.4, -0.2) is 29.9 Å². The van der Waals surface area contributed by atoms with Gasteiger partial charge in [0.15, 0.2) is 5.78 Å². The number of anilines is 1. The topological polar surface area (TPSA) is 118 Å². The molecule has 0 radical (unpaired) electrons. The number of carbonyl (C=O) groups is 1. The zero-order valence-corrected chi connectivity index (χ0v) is 23.9. The van der Waals surface area contributed by atoms with Crippen molar-refractivity contribution in [3.05, 3.63) is 129 Å². The number of fused-ring (bicyclic) bond motifs is 2. The average Bonchev–Trinajstić information content (AvgIpc) is 3.22. The maximum absolute atomic E-state index is 14.0. The van der Waals surface area contributed by atoms with Crippen molar-refractivity contribution in [2.45, 2.75) is 19.4 Å². The lowest BCUT2D eigenvalue weighted by molar-refractivity contribution is 0.0972. The molecule has 0 saturated heterocycles. The molecule has 1 atom stereocenters. The number of phenols is 1. The number of rotatable bonds is 7. The maximum atomic E-state index is 14.0. The van der Waals surface area contributed by atoms with Gasteiger partial charge in [0, 0.05) is 31.5 Å². The van der Waals surface area contributed by atoms with Crippen molar-refractivity contribution in [2.24, 2.45) is 14.1 Å². The monoisotopic (exact) mass is 574 g/mol. The van der Waals surface area contributed by atoms with Crippen molar-refractivity contribution in [1.82, 2.24) is 13.9 Å². The zero-order chi connectivity index (χ0) is 30.4. The highest BCUT2D eigenvalue weighted by molar-refractivity contribution is 6.04. The lowest BCUT2D eigenvalue weighted by Crippen LogP contribution is -2.28. The van der Waals surface area contributed by atoms with E-state index in [1.165, 1.54) is 9.25 Å². The van der Waals surface area contributed by atoms with E-state index in [0.717, 1.165) is 5.39 Å². The standard InChI is InChI=1S/C34H30N4O5/c1-20-31(34(43)38(37(20)3)22-12-5-4-6-13-22)35-25(29-23-14-8-7-11-21(23)17-18-27(29)39)19-28(40)30-32(41)24-15-9-10-16-26(24)36(2)33(30)42/h4-18,25,35,39,41H,19H2,1-3H3/t25-/m0/s1. The fourth-order valence-corrected chi connectivity index (χ4v) is 5.80. The van der Waals surface area contributed by atoms with Crippen molar-refractivity contribution >= 4 is 33.1 Å². The smallest absolute Gasteiger partial charge is 0.295 e. The summed E-state index contributed by atoms with van der Waals surface area (Å²) in [5, 5.41) is 27.4. The van der Waals surface area contributed by atoms with E-state index in [2.05, 4.69) is 5.32 Å². The number of phenolic OH excluding ortho intramolecular Hbond substituents is 1. The van der Waals surface area contributed by atoms with Crippen LogP contribution >= 0.6 is 0 Å². The number of aromatic hydroxyl groups is 2. The van der Waals surface area contributed by atoms with Crippen molar-refractivity contribution in [1.29, 1.82) is 0 Å². The van der Waals surface area contributed by atoms with Crippen LogP contribution in [0, 0.1) is 6.92 Å². The summed E-state index contributed by atoms with van der Waals surface area (Å²) >= 11 is 0.